The molecular formula is C10H12. The van der Waals surface area contributed by atoms with Crippen LogP contribution >= 0.6 is 0 Å². The molecule has 1 rings (SSSR count). The summed E-state index contributed by atoms with van der Waals surface area (Å²) >= 11 is 0. The molecule has 10 heavy (non-hydrogen) atoms. The number of aryl methyl sites for hydroxylation is 2. The molecule has 52 valence electrons. The normalized spacial score (nSPS) is 9.40. The Morgan fingerprint density at radius 2 is 2.00 bits per heavy atom. The Morgan fingerprint density at radius 3 is 2.50 bits per heavy atom. The zero-order chi connectivity index (χ0) is 7.56. The predicted molar refractivity (Wildman–Crippen MR) is 46.0 cm³/mol. The van der Waals surface area contributed by atoms with E-state index in [1.807, 2.05) is 6.08 Å². The van der Waals surface area contributed by atoms with Crippen LogP contribution in [0.5, 0.6) is 0 Å². The molecule has 0 aromatic heterocycles. The molecule has 0 aliphatic carbocycles. The number of benzene rings is 1. The van der Waals surface area contributed by atoms with E-state index in [4.69, 9.17) is 0 Å². The van der Waals surface area contributed by atoms with E-state index < -0.39 is 0 Å². The highest BCUT2D eigenvalue weighted by molar-refractivity contribution is 5.52. The van der Waals surface area contributed by atoms with Crippen molar-refractivity contribution in [3.8, 4) is 0 Å². The summed E-state index contributed by atoms with van der Waals surface area (Å²) in [7, 11) is 0. The van der Waals surface area contributed by atoms with Crippen LogP contribution in [0.1, 0.15) is 16.7 Å². The van der Waals surface area contributed by atoms with Crippen molar-refractivity contribution >= 4 is 6.08 Å². The summed E-state index contributed by atoms with van der Waals surface area (Å²) in [4.78, 5) is 0. The quantitative estimate of drug-likeness (QED) is 0.551. The number of rotatable bonds is 1. The first-order valence-corrected chi connectivity index (χ1v) is 3.43. The Hall–Kier alpha value is -1.04. The Morgan fingerprint density at radius 1 is 1.30 bits per heavy atom. The Kier molecular flexibility index (Phi) is 1.91. The molecule has 0 atom stereocenters. The van der Waals surface area contributed by atoms with E-state index >= 15 is 0 Å². The van der Waals surface area contributed by atoms with Gasteiger partial charge in [0.2, 0.25) is 0 Å². The van der Waals surface area contributed by atoms with Gasteiger partial charge in [0.15, 0.2) is 0 Å². The van der Waals surface area contributed by atoms with Crippen LogP contribution in [0.25, 0.3) is 6.08 Å². The Labute approximate surface area is 62.2 Å². The number of hydrogen-bond donors (Lipinski definition) is 0. The molecule has 0 nitrogen and oxygen atoms in total. The minimum Gasteiger partial charge on any atom is -0.0985 e. The van der Waals surface area contributed by atoms with E-state index in [9.17, 15) is 0 Å². The van der Waals surface area contributed by atoms with Gasteiger partial charge in [0.05, 0.1) is 0 Å². The van der Waals surface area contributed by atoms with Crippen LogP contribution in [0.15, 0.2) is 24.8 Å². The van der Waals surface area contributed by atoms with Gasteiger partial charge in [-0.3, -0.25) is 0 Å². The predicted octanol–water partition coefficient (Wildman–Crippen LogP) is 2.95. The maximum atomic E-state index is 3.73. The van der Waals surface area contributed by atoms with Crippen LogP contribution in [0.4, 0.5) is 0 Å². The SMILES string of the molecule is C=Cc1cc(C)ccc1C. The molecule has 0 fully saturated rings. The molecular weight excluding hydrogens is 120 g/mol. The zero-order valence-electron chi connectivity index (χ0n) is 6.52. The molecule has 0 amide bonds. The maximum Gasteiger partial charge on any atom is -0.0231 e. The first kappa shape index (κ1) is 7.07. The second kappa shape index (κ2) is 2.70. The van der Waals surface area contributed by atoms with Gasteiger partial charge in [0.25, 0.3) is 0 Å². The van der Waals surface area contributed by atoms with Crippen molar-refractivity contribution in [1.82, 2.24) is 0 Å². The highest BCUT2D eigenvalue weighted by atomic mass is 14.0. The lowest BCUT2D eigenvalue weighted by molar-refractivity contribution is 1.38. The smallest absolute Gasteiger partial charge is 0.0231 e. The van der Waals surface area contributed by atoms with E-state index in [2.05, 4.69) is 38.6 Å². The molecule has 0 spiro atoms. The average Bonchev–Trinajstić information content (AvgIpc) is 1.94. The maximum absolute atomic E-state index is 3.73. The minimum absolute atomic E-state index is 1.24. The van der Waals surface area contributed by atoms with E-state index in [0.717, 1.165) is 0 Å². The Bertz CT molecular complexity index is 246. The lowest BCUT2D eigenvalue weighted by atomic mass is 10.1. The highest BCUT2D eigenvalue weighted by Gasteiger charge is 1.91. The van der Waals surface area contributed by atoms with Gasteiger partial charge < -0.3 is 0 Å². The van der Waals surface area contributed by atoms with Crippen LogP contribution < -0.4 is 0 Å². The van der Waals surface area contributed by atoms with Gasteiger partial charge in [0, 0.05) is 0 Å². The van der Waals surface area contributed by atoms with Crippen molar-refractivity contribution in [2.24, 2.45) is 0 Å². The van der Waals surface area contributed by atoms with E-state index in [-0.39, 0.29) is 0 Å². The standard InChI is InChI=1S/C10H12/c1-4-10-7-8(2)5-6-9(10)3/h4-7H,1H2,2-3H3. The largest absolute Gasteiger partial charge is 0.0985 e. The van der Waals surface area contributed by atoms with Crippen molar-refractivity contribution < 1.29 is 0 Å². The highest BCUT2D eigenvalue weighted by Crippen LogP contribution is 2.10. The molecule has 0 heterocycles. The monoisotopic (exact) mass is 132 g/mol. The Balaban J connectivity index is 3.21. The topological polar surface area (TPSA) is 0 Å². The van der Waals surface area contributed by atoms with E-state index in [0.29, 0.717) is 0 Å². The lowest BCUT2D eigenvalue weighted by Crippen LogP contribution is -1.80. The third-order valence-electron chi connectivity index (χ3n) is 1.65. The summed E-state index contributed by atoms with van der Waals surface area (Å²) in [5, 5.41) is 0. The summed E-state index contributed by atoms with van der Waals surface area (Å²) in [6, 6.07) is 6.37. The van der Waals surface area contributed by atoms with Crippen LogP contribution in [-0.2, 0) is 0 Å². The molecule has 0 aliphatic rings. The van der Waals surface area contributed by atoms with Gasteiger partial charge in [-0.1, -0.05) is 36.4 Å². The summed E-state index contributed by atoms with van der Waals surface area (Å²) in [6.07, 6.45) is 1.89. The third kappa shape index (κ3) is 1.27. The fraction of sp³-hybridized carbons (Fsp3) is 0.200. The summed E-state index contributed by atoms with van der Waals surface area (Å²) < 4.78 is 0. The average molecular weight is 132 g/mol. The summed E-state index contributed by atoms with van der Waals surface area (Å²) in [5.74, 6) is 0. The second-order valence-corrected chi connectivity index (χ2v) is 2.56. The van der Waals surface area contributed by atoms with Crippen molar-refractivity contribution in [2.75, 3.05) is 0 Å². The molecule has 0 unspecified atom stereocenters. The van der Waals surface area contributed by atoms with Gasteiger partial charge >= 0.3 is 0 Å². The molecule has 1 aromatic rings. The van der Waals surface area contributed by atoms with Crippen LogP contribution in [0.3, 0.4) is 0 Å². The molecule has 0 N–H and O–H groups in total. The third-order valence-corrected chi connectivity index (χ3v) is 1.65. The molecule has 0 saturated carbocycles. The summed E-state index contributed by atoms with van der Waals surface area (Å²) in [5.41, 5.74) is 3.82. The molecule has 0 radical (unpaired) electrons. The second-order valence-electron chi connectivity index (χ2n) is 2.56. The van der Waals surface area contributed by atoms with Crippen molar-refractivity contribution in [1.29, 1.82) is 0 Å². The van der Waals surface area contributed by atoms with Gasteiger partial charge in [-0.2, -0.15) is 0 Å². The van der Waals surface area contributed by atoms with Gasteiger partial charge in [-0.05, 0) is 25.0 Å². The van der Waals surface area contributed by atoms with Crippen LogP contribution in [-0.4, -0.2) is 0 Å². The van der Waals surface area contributed by atoms with Crippen molar-refractivity contribution in [3.63, 3.8) is 0 Å². The van der Waals surface area contributed by atoms with E-state index in [1.165, 1.54) is 16.7 Å². The first-order valence-electron chi connectivity index (χ1n) is 3.43. The first-order chi connectivity index (χ1) is 4.74. The molecule has 0 aliphatic heterocycles. The fourth-order valence-corrected chi connectivity index (χ4v) is 0.980. The van der Waals surface area contributed by atoms with Crippen LogP contribution in [0, 0.1) is 13.8 Å². The fourth-order valence-electron chi connectivity index (χ4n) is 0.980. The van der Waals surface area contributed by atoms with Gasteiger partial charge in [0.1, 0.15) is 0 Å². The summed E-state index contributed by atoms with van der Waals surface area (Å²) in [6.45, 7) is 7.92. The lowest BCUT2D eigenvalue weighted by Gasteiger charge is -1.99. The van der Waals surface area contributed by atoms with Gasteiger partial charge in [-0.25, -0.2) is 0 Å². The van der Waals surface area contributed by atoms with Crippen molar-refractivity contribution in [3.05, 3.63) is 41.5 Å². The van der Waals surface area contributed by atoms with Crippen LogP contribution in [0.2, 0.25) is 0 Å². The minimum atomic E-state index is 1.24. The molecule has 0 heteroatoms. The van der Waals surface area contributed by atoms with Crippen molar-refractivity contribution in [2.45, 2.75) is 13.8 Å². The van der Waals surface area contributed by atoms with Gasteiger partial charge in [-0.15, -0.1) is 0 Å². The number of hydrogen-bond acceptors (Lipinski definition) is 0. The molecule has 1 aromatic carbocycles. The zero-order valence-corrected chi connectivity index (χ0v) is 6.52. The molecule has 0 saturated heterocycles. The molecule has 0 bridgehead atoms. The van der Waals surface area contributed by atoms with E-state index in [1.54, 1.807) is 0 Å².